The first-order valence-corrected chi connectivity index (χ1v) is 9.51. The van der Waals surface area contributed by atoms with Gasteiger partial charge in [-0.2, -0.15) is 15.0 Å². The largest absolute Gasteiger partial charge is 0.497 e. The van der Waals surface area contributed by atoms with Gasteiger partial charge in [0.25, 0.3) is 5.91 Å². The summed E-state index contributed by atoms with van der Waals surface area (Å²) < 4.78 is 11.0. The summed E-state index contributed by atoms with van der Waals surface area (Å²) in [5, 5.41) is 8.83. The molecule has 0 bridgehead atoms. The van der Waals surface area contributed by atoms with Gasteiger partial charge in [0, 0.05) is 18.8 Å². The Balaban J connectivity index is 1.82. The molecule has 0 aliphatic heterocycles. The highest BCUT2D eigenvalue weighted by molar-refractivity contribution is 6.30. The van der Waals surface area contributed by atoms with Crippen molar-refractivity contribution in [2.24, 2.45) is 0 Å². The molecule has 2 aromatic heterocycles. The highest BCUT2D eigenvalue weighted by Gasteiger charge is 2.24. The molecule has 0 saturated carbocycles. The molecule has 1 atom stereocenters. The Morgan fingerprint density at radius 2 is 2.00 bits per heavy atom. The number of nitrogens with zero attached hydrogens (tertiary/aromatic N) is 5. The van der Waals surface area contributed by atoms with Gasteiger partial charge in [-0.25, -0.2) is 4.98 Å². The van der Waals surface area contributed by atoms with Crippen molar-refractivity contribution in [1.29, 1.82) is 0 Å². The quantitative estimate of drug-likeness (QED) is 0.561. The molecule has 0 N–H and O–H groups in total. The van der Waals surface area contributed by atoms with E-state index in [2.05, 4.69) is 15.2 Å². The van der Waals surface area contributed by atoms with E-state index in [9.17, 15) is 4.79 Å². The lowest BCUT2D eigenvalue weighted by atomic mass is 10.1. The summed E-state index contributed by atoms with van der Waals surface area (Å²) in [6, 6.07) is 8.42. The van der Waals surface area contributed by atoms with Gasteiger partial charge in [0.15, 0.2) is 0 Å². The van der Waals surface area contributed by atoms with Gasteiger partial charge in [0.1, 0.15) is 12.4 Å². The van der Waals surface area contributed by atoms with E-state index in [1.165, 1.54) is 11.0 Å². The van der Waals surface area contributed by atoms with E-state index in [4.69, 9.17) is 21.1 Å². The van der Waals surface area contributed by atoms with Crippen LogP contribution in [0.5, 0.6) is 11.6 Å². The first kappa shape index (κ1) is 20.6. The van der Waals surface area contributed by atoms with E-state index in [0.29, 0.717) is 34.4 Å². The number of ether oxygens (including phenoxy) is 2. The Bertz CT molecular complexity index is 947. The molecule has 0 aliphatic rings. The van der Waals surface area contributed by atoms with Gasteiger partial charge >= 0.3 is 0 Å². The third-order valence-corrected chi connectivity index (χ3v) is 4.60. The Morgan fingerprint density at radius 3 is 2.62 bits per heavy atom. The summed E-state index contributed by atoms with van der Waals surface area (Å²) in [4.78, 5) is 20.6. The van der Waals surface area contributed by atoms with Gasteiger partial charge in [-0.05, 0) is 38.1 Å². The van der Waals surface area contributed by atoms with Crippen LogP contribution in [0.25, 0.3) is 5.69 Å². The summed E-state index contributed by atoms with van der Waals surface area (Å²) in [6.45, 7) is 4.62. The van der Waals surface area contributed by atoms with Gasteiger partial charge in [0.2, 0.25) is 5.88 Å². The molecule has 0 aliphatic carbocycles. The summed E-state index contributed by atoms with van der Waals surface area (Å²) in [7, 11) is 1.56. The molecule has 3 aromatic rings. The molecule has 152 valence electrons. The highest BCUT2D eigenvalue weighted by atomic mass is 35.5. The number of hydrogen-bond acceptors (Lipinski definition) is 6. The van der Waals surface area contributed by atoms with Crippen LogP contribution in [0.3, 0.4) is 0 Å². The third-order valence-electron chi connectivity index (χ3n) is 4.37. The highest BCUT2D eigenvalue weighted by Crippen LogP contribution is 2.23. The predicted octanol–water partition coefficient (Wildman–Crippen LogP) is 3.25. The number of pyridine rings is 1. The van der Waals surface area contributed by atoms with E-state index in [1.807, 2.05) is 13.8 Å². The SMILES string of the molecule is CCN(C(=O)c1cc(OC)ccc1-n1nccn1)[C@@H](C)COc1ccc(Cl)cn1. The Labute approximate surface area is 174 Å². The van der Waals surface area contributed by atoms with Crippen molar-refractivity contribution in [1.82, 2.24) is 24.9 Å². The zero-order chi connectivity index (χ0) is 20.8. The average Bonchev–Trinajstić information content (AvgIpc) is 3.28. The average molecular weight is 416 g/mol. The van der Waals surface area contributed by atoms with Crippen LogP contribution in [-0.4, -0.2) is 57.1 Å². The van der Waals surface area contributed by atoms with E-state index in [1.54, 1.807) is 54.7 Å². The third kappa shape index (κ3) is 4.83. The summed E-state index contributed by atoms with van der Waals surface area (Å²) in [5.74, 6) is 0.862. The van der Waals surface area contributed by atoms with Crippen molar-refractivity contribution >= 4 is 17.5 Å². The van der Waals surface area contributed by atoms with Gasteiger partial charge in [-0.3, -0.25) is 4.79 Å². The molecule has 2 heterocycles. The minimum atomic E-state index is -0.199. The normalized spacial score (nSPS) is 11.7. The molecule has 1 amide bonds. The zero-order valence-corrected chi connectivity index (χ0v) is 17.2. The second-order valence-corrected chi connectivity index (χ2v) is 6.70. The topological polar surface area (TPSA) is 82.4 Å². The Morgan fingerprint density at radius 1 is 1.24 bits per heavy atom. The molecule has 9 heteroatoms. The van der Waals surface area contributed by atoms with Crippen LogP contribution in [-0.2, 0) is 0 Å². The maximum Gasteiger partial charge on any atom is 0.256 e. The first-order valence-electron chi connectivity index (χ1n) is 9.13. The number of halogens is 1. The maximum atomic E-state index is 13.4. The van der Waals surface area contributed by atoms with Crippen LogP contribution < -0.4 is 9.47 Å². The van der Waals surface area contributed by atoms with Crippen molar-refractivity contribution in [3.63, 3.8) is 0 Å². The Hall–Kier alpha value is -3.13. The molecule has 1 aromatic carbocycles. The Kier molecular flexibility index (Phi) is 6.66. The minimum absolute atomic E-state index is 0.168. The summed E-state index contributed by atoms with van der Waals surface area (Å²) in [6.07, 6.45) is 4.64. The molecule has 0 unspecified atom stereocenters. The number of hydrogen-bond donors (Lipinski definition) is 0. The number of aromatic nitrogens is 4. The number of rotatable bonds is 8. The molecule has 8 nitrogen and oxygen atoms in total. The van der Waals surface area contributed by atoms with Crippen LogP contribution in [0.4, 0.5) is 0 Å². The molecule has 0 radical (unpaired) electrons. The van der Waals surface area contributed by atoms with Gasteiger partial charge in [0.05, 0.1) is 41.8 Å². The van der Waals surface area contributed by atoms with Gasteiger partial charge < -0.3 is 14.4 Å². The van der Waals surface area contributed by atoms with E-state index >= 15 is 0 Å². The predicted molar refractivity (Wildman–Crippen MR) is 109 cm³/mol. The summed E-state index contributed by atoms with van der Waals surface area (Å²) >= 11 is 5.85. The van der Waals surface area contributed by atoms with Gasteiger partial charge in [-0.15, -0.1) is 0 Å². The van der Waals surface area contributed by atoms with Gasteiger partial charge in [-0.1, -0.05) is 11.6 Å². The van der Waals surface area contributed by atoms with Crippen molar-refractivity contribution < 1.29 is 14.3 Å². The van der Waals surface area contributed by atoms with Crippen LogP contribution >= 0.6 is 11.6 Å². The van der Waals surface area contributed by atoms with E-state index in [-0.39, 0.29) is 18.6 Å². The fourth-order valence-corrected chi connectivity index (χ4v) is 2.99. The number of amides is 1. The van der Waals surface area contributed by atoms with Crippen molar-refractivity contribution in [2.75, 3.05) is 20.3 Å². The van der Waals surface area contributed by atoms with E-state index in [0.717, 1.165) is 0 Å². The number of carbonyl (C=O) groups excluding carboxylic acids is 1. The second-order valence-electron chi connectivity index (χ2n) is 6.27. The molecule has 0 saturated heterocycles. The molecule has 3 rings (SSSR count). The lowest BCUT2D eigenvalue weighted by Gasteiger charge is -2.28. The van der Waals surface area contributed by atoms with Crippen LogP contribution in [0.2, 0.25) is 5.02 Å². The molecular formula is C20H22ClN5O3. The fraction of sp³-hybridized carbons (Fsp3) is 0.300. The second kappa shape index (κ2) is 9.38. The lowest BCUT2D eigenvalue weighted by molar-refractivity contribution is 0.0645. The maximum absolute atomic E-state index is 13.4. The van der Waals surface area contributed by atoms with Crippen molar-refractivity contribution in [3.05, 3.63) is 59.5 Å². The number of likely N-dealkylation sites (N-methyl/N-ethyl adjacent to an activating group) is 1. The minimum Gasteiger partial charge on any atom is -0.497 e. The van der Waals surface area contributed by atoms with Crippen LogP contribution in [0, 0.1) is 0 Å². The zero-order valence-electron chi connectivity index (χ0n) is 16.4. The number of methoxy groups -OCH3 is 1. The summed E-state index contributed by atoms with van der Waals surface area (Å²) in [5.41, 5.74) is 1.02. The molecule has 0 fully saturated rings. The van der Waals surface area contributed by atoms with Crippen molar-refractivity contribution in [2.45, 2.75) is 19.9 Å². The first-order chi connectivity index (χ1) is 14.0. The lowest BCUT2D eigenvalue weighted by Crippen LogP contribution is -2.42. The number of carbonyl (C=O) groups is 1. The van der Waals surface area contributed by atoms with Crippen molar-refractivity contribution in [3.8, 4) is 17.3 Å². The number of benzene rings is 1. The monoisotopic (exact) mass is 415 g/mol. The smallest absolute Gasteiger partial charge is 0.256 e. The fourth-order valence-electron chi connectivity index (χ4n) is 2.88. The van der Waals surface area contributed by atoms with Crippen LogP contribution in [0.15, 0.2) is 48.9 Å². The molecule has 29 heavy (non-hydrogen) atoms. The standard InChI is InChI=1S/C20H22ClN5O3/c1-4-25(14(2)13-29-19-8-5-15(21)12-22-19)20(27)17-11-16(28-3)6-7-18(17)26-23-9-10-24-26/h5-12,14H,4,13H2,1-3H3/t14-/m0/s1. The van der Waals surface area contributed by atoms with E-state index < -0.39 is 0 Å². The molecular weight excluding hydrogens is 394 g/mol. The van der Waals surface area contributed by atoms with Crippen LogP contribution in [0.1, 0.15) is 24.2 Å². The molecule has 0 spiro atoms.